The molecule has 1 aromatic heterocycles. The first-order chi connectivity index (χ1) is 9.65. The van der Waals surface area contributed by atoms with Gasteiger partial charge in [-0.15, -0.1) is 0 Å². The van der Waals surface area contributed by atoms with Crippen molar-refractivity contribution < 1.29 is 9.63 Å². The highest BCUT2D eigenvalue weighted by Gasteiger charge is 2.26. The Morgan fingerprint density at radius 1 is 1.50 bits per heavy atom. The number of hydrogen-bond acceptors (Lipinski definition) is 6. The quantitative estimate of drug-likeness (QED) is 0.779. The summed E-state index contributed by atoms with van der Waals surface area (Å²) in [5, 5.41) is 14.0. The smallest absolute Gasteiger partial charge is 0.261 e. The van der Waals surface area contributed by atoms with Crippen LogP contribution >= 0.6 is 34.4 Å². The van der Waals surface area contributed by atoms with Gasteiger partial charge in [-0.25, -0.2) is 0 Å². The summed E-state index contributed by atoms with van der Waals surface area (Å²) in [5.41, 5.74) is 0.585. The Morgan fingerprint density at radius 2 is 2.35 bits per heavy atom. The minimum Gasteiger partial charge on any atom is -0.507 e. The molecule has 1 fully saturated rings. The third-order valence-electron chi connectivity index (χ3n) is 3.32. The van der Waals surface area contributed by atoms with Crippen molar-refractivity contribution in [3.8, 4) is 17.2 Å². The topological polar surface area (TPSA) is 62.4 Å². The number of benzene rings is 1. The van der Waals surface area contributed by atoms with Crippen molar-refractivity contribution >= 4 is 34.4 Å². The second-order valence-corrected chi connectivity index (χ2v) is 7.09. The molecule has 1 atom stereocenters. The summed E-state index contributed by atoms with van der Waals surface area (Å²) >= 11 is 4.09. The molecule has 20 heavy (non-hydrogen) atoms. The maximum atomic E-state index is 9.91. The average Bonchev–Trinajstić information content (AvgIpc) is 2.91. The van der Waals surface area contributed by atoms with Gasteiger partial charge in [0, 0.05) is 21.6 Å². The molecule has 2 heterocycles. The van der Waals surface area contributed by atoms with Crippen LogP contribution in [0.4, 0.5) is 0 Å². The van der Waals surface area contributed by atoms with E-state index in [9.17, 15) is 5.11 Å². The van der Waals surface area contributed by atoms with E-state index < -0.39 is 0 Å². The number of thioether (sulfide) groups is 1. The fourth-order valence-corrected chi connectivity index (χ4v) is 3.82. The normalized spacial score (nSPS) is 20.2. The molecule has 0 bridgehead atoms. The molecule has 1 aliphatic rings. The van der Waals surface area contributed by atoms with Gasteiger partial charge >= 0.3 is 0 Å². The lowest BCUT2D eigenvalue weighted by Gasteiger charge is -2.29. The molecule has 1 unspecified atom stereocenters. The van der Waals surface area contributed by atoms with Crippen molar-refractivity contribution in [2.45, 2.75) is 6.04 Å². The molecule has 0 spiro atoms. The van der Waals surface area contributed by atoms with E-state index in [1.54, 1.807) is 6.07 Å². The van der Waals surface area contributed by atoms with Crippen LogP contribution in [0.2, 0.25) is 0 Å². The van der Waals surface area contributed by atoms with Gasteiger partial charge in [-0.1, -0.05) is 5.16 Å². The molecule has 1 aliphatic heterocycles. The summed E-state index contributed by atoms with van der Waals surface area (Å²) in [5.74, 6) is 3.32. The minimum absolute atomic E-state index is 0.159. The van der Waals surface area contributed by atoms with Gasteiger partial charge in [-0.2, -0.15) is 16.7 Å². The van der Waals surface area contributed by atoms with Gasteiger partial charge in [-0.05, 0) is 47.8 Å². The van der Waals surface area contributed by atoms with E-state index in [0.717, 1.165) is 21.6 Å². The highest BCUT2D eigenvalue weighted by Crippen LogP contribution is 2.32. The Labute approximate surface area is 134 Å². The summed E-state index contributed by atoms with van der Waals surface area (Å²) in [7, 11) is 2.07. The van der Waals surface area contributed by atoms with Crippen LogP contribution in [0.1, 0.15) is 11.9 Å². The Bertz CT molecular complexity index is 619. The third-order valence-corrected chi connectivity index (χ3v) is 5.02. The Kier molecular flexibility index (Phi) is 4.18. The van der Waals surface area contributed by atoms with Crippen molar-refractivity contribution in [2.75, 3.05) is 25.1 Å². The van der Waals surface area contributed by atoms with E-state index in [-0.39, 0.29) is 11.8 Å². The van der Waals surface area contributed by atoms with Gasteiger partial charge < -0.3 is 9.63 Å². The zero-order valence-electron chi connectivity index (χ0n) is 10.9. The van der Waals surface area contributed by atoms with Gasteiger partial charge in [0.15, 0.2) is 5.82 Å². The summed E-state index contributed by atoms with van der Waals surface area (Å²) in [6.45, 7) is 1.02. The van der Waals surface area contributed by atoms with Crippen LogP contribution in [0.3, 0.4) is 0 Å². The Morgan fingerprint density at radius 3 is 3.15 bits per heavy atom. The molecule has 1 saturated heterocycles. The summed E-state index contributed by atoms with van der Waals surface area (Å²) < 4.78 is 6.34. The van der Waals surface area contributed by atoms with Crippen molar-refractivity contribution in [1.29, 1.82) is 0 Å². The summed E-state index contributed by atoms with van der Waals surface area (Å²) in [6.07, 6.45) is 0. The van der Waals surface area contributed by atoms with E-state index in [1.165, 1.54) is 0 Å². The minimum atomic E-state index is 0.159. The molecule has 7 heteroatoms. The molecule has 106 valence electrons. The van der Waals surface area contributed by atoms with Crippen LogP contribution < -0.4 is 0 Å². The number of nitrogens with zero attached hydrogens (tertiary/aromatic N) is 3. The van der Waals surface area contributed by atoms with Crippen LogP contribution in [-0.4, -0.2) is 45.2 Å². The average molecular weight is 403 g/mol. The van der Waals surface area contributed by atoms with Gasteiger partial charge in [0.2, 0.25) is 0 Å². The Hall–Kier alpha value is -0.800. The number of phenolic OH excluding ortho intramolecular Hbond substituents is 1. The number of aromatic nitrogens is 2. The van der Waals surface area contributed by atoms with E-state index >= 15 is 0 Å². The molecular weight excluding hydrogens is 389 g/mol. The van der Waals surface area contributed by atoms with E-state index in [2.05, 4.69) is 44.7 Å². The molecule has 1 N–H and O–H groups in total. The fraction of sp³-hybridized carbons (Fsp3) is 0.385. The molecule has 1 aromatic carbocycles. The SMILES string of the molecule is CN1CCSCC1c1noc(-c2cc(I)ccc2O)n1. The predicted molar refractivity (Wildman–Crippen MR) is 86.8 cm³/mol. The molecule has 0 radical (unpaired) electrons. The van der Waals surface area contributed by atoms with Gasteiger partial charge in [0.25, 0.3) is 5.89 Å². The zero-order chi connectivity index (χ0) is 14.1. The molecule has 5 nitrogen and oxygen atoms in total. The van der Waals surface area contributed by atoms with Crippen LogP contribution in [0.25, 0.3) is 11.5 Å². The standard InChI is InChI=1S/C13H14IN3O2S/c1-17-4-5-20-7-10(17)12-15-13(19-16-12)9-6-8(14)2-3-11(9)18/h2-3,6,10,18H,4-5,7H2,1H3. The fourth-order valence-electron chi connectivity index (χ4n) is 2.12. The van der Waals surface area contributed by atoms with Gasteiger partial charge in [0.05, 0.1) is 11.6 Å². The van der Waals surface area contributed by atoms with Crippen molar-refractivity contribution in [3.05, 3.63) is 27.6 Å². The zero-order valence-corrected chi connectivity index (χ0v) is 13.9. The van der Waals surface area contributed by atoms with Crippen molar-refractivity contribution in [3.63, 3.8) is 0 Å². The number of phenols is 1. The molecule has 0 saturated carbocycles. The van der Waals surface area contributed by atoms with E-state index in [4.69, 9.17) is 4.52 Å². The second kappa shape index (κ2) is 5.90. The maximum absolute atomic E-state index is 9.91. The molecule has 3 rings (SSSR count). The second-order valence-electron chi connectivity index (χ2n) is 4.69. The van der Waals surface area contributed by atoms with E-state index in [1.807, 2.05) is 23.9 Å². The lowest BCUT2D eigenvalue weighted by molar-refractivity contribution is 0.257. The van der Waals surface area contributed by atoms with Gasteiger partial charge in [0.1, 0.15) is 5.75 Å². The number of rotatable bonds is 2. The Balaban J connectivity index is 1.91. The molecular formula is C13H14IN3O2S. The first-order valence-electron chi connectivity index (χ1n) is 6.25. The molecule has 2 aromatic rings. The highest BCUT2D eigenvalue weighted by atomic mass is 127. The first-order valence-corrected chi connectivity index (χ1v) is 8.49. The molecule has 0 amide bonds. The molecule has 0 aliphatic carbocycles. The first kappa shape index (κ1) is 14.2. The van der Waals surface area contributed by atoms with Crippen LogP contribution in [0, 0.1) is 3.57 Å². The van der Waals surface area contributed by atoms with Gasteiger partial charge in [-0.3, -0.25) is 4.90 Å². The summed E-state index contributed by atoms with van der Waals surface area (Å²) in [4.78, 5) is 6.70. The number of halogens is 1. The number of aromatic hydroxyl groups is 1. The van der Waals surface area contributed by atoms with Crippen LogP contribution in [0.5, 0.6) is 5.75 Å². The van der Waals surface area contributed by atoms with Crippen molar-refractivity contribution in [2.24, 2.45) is 0 Å². The third kappa shape index (κ3) is 2.79. The van der Waals surface area contributed by atoms with Crippen LogP contribution in [-0.2, 0) is 0 Å². The lowest BCUT2D eigenvalue weighted by Crippen LogP contribution is -2.33. The lowest BCUT2D eigenvalue weighted by atomic mass is 10.2. The summed E-state index contributed by atoms with van der Waals surface area (Å²) in [6, 6.07) is 5.49. The highest BCUT2D eigenvalue weighted by molar-refractivity contribution is 14.1. The predicted octanol–water partition coefficient (Wildman–Crippen LogP) is 2.77. The maximum Gasteiger partial charge on any atom is 0.261 e. The van der Waals surface area contributed by atoms with Crippen LogP contribution in [0.15, 0.2) is 22.7 Å². The van der Waals surface area contributed by atoms with Crippen molar-refractivity contribution in [1.82, 2.24) is 15.0 Å². The monoisotopic (exact) mass is 403 g/mol. The number of hydrogen-bond donors (Lipinski definition) is 1. The van der Waals surface area contributed by atoms with E-state index in [0.29, 0.717) is 17.3 Å². The largest absolute Gasteiger partial charge is 0.507 e.